The highest BCUT2D eigenvalue weighted by atomic mass is 16.7. The monoisotopic (exact) mass is 612 g/mol. The fourth-order valence-electron chi connectivity index (χ4n) is 5.15. The summed E-state index contributed by atoms with van der Waals surface area (Å²) < 4.78 is 28.1. The standard InChI is InChI=1S/C27H32O16/c1-8-17(32)20(35)22(37)26(40-8)39-7-15-18(33)21(36)23(38)27(42-15)43-25-19(34)16-13(31)5-10(28)6-14(16)41-24(25)9-2-3-11(29)12(30)4-9/h2-6,8,15,17-18,20-33,35-38H,7H2,1H3/t8-,15+,17-,18+,20+,21-,22+,23+,24?,25?,26+,27-/m0/s1. The van der Waals surface area contributed by atoms with Gasteiger partial charge in [0.2, 0.25) is 5.78 Å². The minimum Gasteiger partial charge on any atom is -0.508 e. The van der Waals surface area contributed by atoms with Crippen molar-refractivity contribution in [1.82, 2.24) is 0 Å². The Kier molecular flexibility index (Phi) is 8.70. The van der Waals surface area contributed by atoms with E-state index in [9.17, 15) is 55.9 Å². The first-order chi connectivity index (χ1) is 20.3. The molecule has 0 bridgehead atoms. The van der Waals surface area contributed by atoms with E-state index in [2.05, 4.69) is 0 Å². The molecule has 2 aromatic carbocycles. The summed E-state index contributed by atoms with van der Waals surface area (Å²) in [6.07, 6.45) is -19.1. The molecule has 16 nitrogen and oxygen atoms in total. The van der Waals surface area contributed by atoms with E-state index < -0.39 is 109 Å². The van der Waals surface area contributed by atoms with Gasteiger partial charge < -0.3 is 74.7 Å². The van der Waals surface area contributed by atoms with Crippen LogP contribution in [0.3, 0.4) is 0 Å². The van der Waals surface area contributed by atoms with Gasteiger partial charge >= 0.3 is 0 Å². The van der Waals surface area contributed by atoms with Crippen LogP contribution in [0.2, 0.25) is 0 Å². The Morgan fingerprint density at radius 3 is 2.12 bits per heavy atom. The SMILES string of the molecule is C[C@@H]1O[C@@H](OC[C@H]2O[C@@H](OC3C(=O)c4c(O)cc(O)cc4OC3c3ccc(O)c(O)c3)[C@H](O)[C@@H](O)[C@@H]2O)[C@H](O)[C@H](O)[C@H]1O. The van der Waals surface area contributed by atoms with Crippen molar-refractivity contribution in [2.45, 2.75) is 80.5 Å². The number of ether oxygens (including phenoxy) is 5. The molecule has 0 radical (unpaired) electrons. The van der Waals surface area contributed by atoms with Crippen molar-refractivity contribution in [3.05, 3.63) is 41.5 Å². The molecule has 0 saturated carbocycles. The average Bonchev–Trinajstić information content (AvgIpc) is 2.96. The van der Waals surface area contributed by atoms with Gasteiger partial charge in [-0.05, 0) is 24.6 Å². The minimum atomic E-state index is -1.93. The van der Waals surface area contributed by atoms with Gasteiger partial charge in [-0.15, -0.1) is 0 Å². The predicted molar refractivity (Wildman–Crippen MR) is 137 cm³/mol. The van der Waals surface area contributed by atoms with E-state index >= 15 is 0 Å². The molecule has 2 unspecified atom stereocenters. The molecule has 3 aliphatic heterocycles. The summed E-state index contributed by atoms with van der Waals surface area (Å²) in [5.41, 5.74) is -0.294. The number of aliphatic hydroxyl groups excluding tert-OH is 6. The molecule has 2 saturated heterocycles. The molecule has 43 heavy (non-hydrogen) atoms. The number of Topliss-reactive ketones (excluding diaryl/α,β-unsaturated/α-hetero) is 1. The lowest BCUT2D eigenvalue weighted by atomic mass is 9.92. The molecule has 0 aliphatic carbocycles. The van der Waals surface area contributed by atoms with Crippen molar-refractivity contribution in [3.8, 4) is 28.7 Å². The summed E-state index contributed by atoms with van der Waals surface area (Å²) in [6, 6.07) is 5.44. The molecule has 12 atom stereocenters. The largest absolute Gasteiger partial charge is 0.508 e. The summed E-state index contributed by atoms with van der Waals surface area (Å²) in [5.74, 6) is -3.26. The first kappa shape index (κ1) is 31.1. The van der Waals surface area contributed by atoms with Gasteiger partial charge in [-0.3, -0.25) is 4.79 Å². The van der Waals surface area contributed by atoms with E-state index in [1.165, 1.54) is 13.0 Å². The van der Waals surface area contributed by atoms with Crippen LogP contribution < -0.4 is 4.74 Å². The molecule has 236 valence electrons. The highest BCUT2D eigenvalue weighted by Crippen LogP contribution is 2.44. The first-order valence-electron chi connectivity index (χ1n) is 13.2. The number of phenols is 4. The average molecular weight is 613 g/mol. The van der Waals surface area contributed by atoms with E-state index in [0.29, 0.717) is 0 Å². The van der Waals surface area contributed by atoms with Crippen molar-refractivity contribution < 1.29 is 79.5 Å². The van der Waals surface area contributed by atoms with Crippen molar-refractivity contribution in [1.29, 1.82) is 0 Å². The van der Waals surface area contributed by atoms with Crippen LogP contribution >= 0.6 is 0 Å². The smallest absolute Gasteiger partial charge is 0.203 e. The summed E-state index contributed by atoms with van der Waals surface area (Å²) in [4.78, 5) is 13.6. The lowest BCUT2D eigenvalue weighted by Gasteiger charge is -2.44. The highest BCUT2D eigenvalue weighted by Gasteiger charge is 2.50. The number of benzene rings is 2. The molecule has 3 aliphatic rings. The third kappa shape index (κ3) is 5.82. The molecule has 2 fully saturated rings. The fourth-order valence-corrected chi connectivity index (χ4v) is 5.15. The van der Waals surface area contributed by atoms with Crippen LogP contribution in [0.5, 0.6) is 28.7 Å². The van der Waals surface area contributed by atoms with Crippen molar-refractivity contribution in [3.63, 3.8) is 0 Å². The lowest BCUT2D eigenvalue weighted by Crippen LogP contribution is -2.62. The summed E-state index contributed by atoms with van der Waals surface area (Å²) in [5, 5.41) is 102. The Balaban J connectivity index is 1.40. The molecule has 0 amide bonds. The molecule has 0 spiro atoms. The topological polar surface area (TPSA) is 266 Å². The zero-order valence-corrected chi connectivity index (χ0v) is 22.4. The van der Waals surface area contributed by atoms with Crippen LogP contribution in [0.4, 0.5) is 0 Å². The minimum absolute atomic E-state index is 0.0891. The van der Waals surface area contributed by atoms with Gasteiger partial charge in [-0.2, -0.15) is 0 Å². The Bertz CT molecular complexity index is 1340. The molecular weight excluding hydrogens is 580 g/mol. The van der Waals surface area contributed by atoms with Crippen molar-refractivity contribution >= 4 is 5.78 Å². The molecule has 16 heteroatoms. The molecule has 10 N–H and O–H groups in total. The third-order valence-corrected chi connectivity index (χ3v) is 7.61. The number of carbonyl (C=O) groups is 1. The normalized spacial score (nSPS) is 37.9. The van der Waals surface area contributed by atoms with Crippen molar-refractivity contribution in [2.75, 3.05) is 6.61 Å². The maximum atomic E-state index is 13.6. The second-order valence-corrected chi connectivity index (χ2v) is 10.6. The number of hydrogen-bond acceptors (Lipinski definition) is 16. The zero-order chi connectivity index (χ0) is 31.3. The number of ketones is 1. The number of aromatic hydroxyl groups is 4. The summed E-state index contributed by atoms with van der Waals surface area (Å²) in [7, 11) is 0. The van der Waals surface area contributed by atoms with Gasteiger partial charge in [0.1, 0.15) is 65.5 Å². The first-order valence-corrected chi connectivity index (χ1v) is 13.2. The van der Waals surface area contributed by atoms with Gasteiger partial charge in [0.15, 0.2) is 36.3 Å². The number of phenolic OH excluding ortho intramolecular Hbond substituents is 4. The molecule has 2 aromatic rings. The predicted octanol–water partition coefficient (Wildman–Crippen LogP) is -2.14. The Morgan fingerprint density at radius 2 is 1.42 bits per heavy atom. The maximum absolute atomic E-state index is 13.6. The van der Waals surface area contributed by atoms with Crippen LogP contribution in [-0.4, -0.2) is 131 Å². The van der Waals surface area contributed by atoms with Crippen LogP contribution in [-0.2, 0) is 18.9 Å². The third-order valence-electron chi connectivity index (χ3n) is 7.61. The second-order valence-electron chi connectivity index (χ2n) is 10.6. The number of fused-ring (bicyclic) bond motifs is 1. The highest BCUT2D eigenvalue weighted by molar-refractivity contribution is 6.05. The quantitative estimate of drug-likeness (QED) is 0.156. The van der Waals surface area contributed by atoms with Gasteiger partial charge in [0, 0.05) is 12.1 Å². The Labute approximate surface area is 243 Å². The number of rotatable bonds is 6. The van der Waals surface area contributed by atoms with E-state index in [1.807, 2.05) is 0 Å². The van der Waals surface area contributed by atoms with Crippen LogP contribution in [0.15, 0.2) is 30.3 Å². The number of hydrogen-bond donors (Lipinski definition) is 10. The van der Waals surface area contributed by atoms with Crippen molar-refractivity contribution in [2.24, 2.45) is 0 Å². The van der Waals surface area contributed by atoms with Crippen LogP contribution in [0.25, 0.3) is 0 Å². The van der Waals surface area contributed by atoms with Gasteiger partial charge in [-0.25, -0.2) is 0 Å². The van der Waals surface area contributed by atoms with Gasteiger partial charge in [-0.1, -0.05) is 6.07 Å². The van der Waals surface area contributed by atoms with Gasteiger partial charge in [0.25, 0.3) is 0 Å². The number of carbonyl (C=O) groups excluding carboxylic acids is 1. The summed E-state index contributed by atoms with van der Waals surface area (Å²) in [6.45, 7) is 0.840. The Morgan fingerprint density at radius 1 is 0.744 bits per heavy atom. The van der Waals surface area contributed by atoms with E-state index in [4.69, 9.17) is 23.7 Å². The molecule has 0 aromatic heterocycles. The summed E-state index contributed by atoms with van der Waals surface area (Å²) >= 11 is 0. The number of aliphatic hydroxyl groups is 6. The maximum Gasteiger partial charge on any atom is 0.203 e. The van der Waals surface area contributed by atoms with Gasteiger partial charge in [0.05, 0.1) is 12.7 Å². The molecule has 5 rings (SSSR count). The van der Waals surface area contributed by atoms with E-state index in [0.717, 1.165) is 24.3 Å². The molecular formula is C27H32O16. The zero-order valence-electron chi connectivity index (χ0n) is 22.4. The van der Waals surface area contributed by atoms with E-state index in [-0.39, 0.29) is 16.9 Å². The van der Waals surface area contributed by atoms with Crippen LogP contribution in [0.1, 0.15) is 28.9 Å². The second kappa shape index (κ2) is 12.0. The van der Waals surface area contributed by atoms with E-state index in [1.54, 1.807) is 0 Å². The van der Waals surface area contributed by atoms with Crippen LogP contribution in [0, 0.1) is 0 Å². The molecule has 3 heterocycles. The Hall–Kier alpha value is -3.29. The lowest BCUT2D eigenvalue weighted by molar-refractivity contribution is -0.333. The fraction of sp³-hybridized carbons (Fsp3) is 0.519.